The highest BCUT2D eigenvalue weighted by molar-refractivity contribution is 6.05. The van der Waals surface area contributed by atoms with Crippen LogP contribution in [0.5, 0.6) is 0 Å². The summed E-state index contributed by atoms with van der Waals surface area (Å²) in [6.07, 6.45) is 12.9. The van der Waals surface area contributed by atoms with E-state index < -0.39 is 0 Å². The molecule has 0 aromatic rings. The van der Waals surface area contributed by atoms with E-state index in [0.717, 1.165) is 23.8 Å². The number of fused-ring (bicyclic) bond motifs is 5. The van der Waals surface area contributed by atoms with Crippen LogP contribution in [0.15, 0.2) is 22.8 Å². The fraction of sp³-hybridized carbons (Fsp3) is 0.793. The maximum Gasteiger partial charge on any atom is 0.159 e. The van der Waals surface area contributed by atoms with E-state index in [4.69, 9.17) is 0 Å². The van der Waals surface area contributed by atoms with Crippen molar-refractivity contribution >= 4 is 11.6 Å². The van der Waals surface area contributed by atoms with E-state index >= 15 is 0 Å². The van der Waals surface area contributed by atoms with Crippen LogP contribution in [-0.2, 0) is 9.59 Å². The lowest BCUT2D eigenvalue weighted by molar-refractivity contribution is -0.131. The Bertz CT molecular complexity index is 813. The van der Waals surface area contributed by atoms with Crippen LogP contribution in [0.4, 0.5) is 0 Å². The first-order valence-electron chi connectivity index (χ1n) is 13.0. The van der Waals surface area contributed by atoms with Crippen LogP contribution >= 0.6 is 0 Å². The standard InChI is InChI=1S/C29H44O2/c1-7-20(18(2)3)9-8-19(4)23-10-11-24-22-17-27(31)26-16-21(30)12-14-29(26,6)25(22)13-15-28(23,24)5/h16,19,22-25H,7-15,17H2,1-6H3/t19?,22-,23+,24-,25-,28+,29+/m0/s1. The third-order valence-electron chi connectivity index (χ3n) is 10.6. The first-order valence-corrected chi connectivity index (χ1v) is 13.0. The molecule has 3 saturated carbocycles. The highest BCUT2D eigenvalue weighted by atomic mass is 16.1. The maximum absolute atomic E-state index is 13.2. The molecule has 0 amide bonds. The molecule has 4 aliphatic rings. The zero-order valence-corrected chi connectivity index (χ0v) is 20.9. The van der Waals surface area contributed by atoms with Crippen molar-refractivity contribution in [3.05, 3.63) is 22.8 Å². The number of Topliss-reactive ketones (excluding diaryl/α,β-unsaturated/α-hetero) is 1. The molecule has 4 rings (SSSR count). The van der Waals surface area contributed by atoms with Gasteiger partial charge in [-0.25, -0.2) is 0 Å². The first-order chi connectivity index (χ1) is 14.6. The Morgan fingerprint density at radius 2 is 1.84 bits per heavy atom. The summed E-state index contributed by atoms with van der Waals surface area (Å²) in [6, 6.07) is 0. The SMILES string of the molecule is CCC(CCC(C)[C@H]1CC[C@H]2[C@@H]3CC(=O)C4=CC(=O)CC[C@]4(C)[C@H]3CC[C@]12C)=C(C)C. The van der Waals surface area contributed by atoms with E-state index in [2.05, 4.69) is 41.5 Å². The van der Waals surface area contributed by atoms with Crippen LogP contribution in [-0.4, -0.2) is 11.6 Å². The van der Waals surface area contributed by atoms with E-state index in [9.17, 15) is 9.59 Å². The highest BCUT2D eigenvalue weighted by Gasteiger charge is 2.60. The van der Waals surface area contributed by atoms with Crippen molar-refractivity contribution in [2.24, 2.45) is 40.4 Å². The Balaban J connectivity index is 1.54. The van der Waals surface area contributed by atoms with E-state index in [0.29, 0.717) is 36.0 Å². The minimum atomic E-state index is -0.0571. The van der Waals surface area contributed by atoms with Crippen LogP contribution < -0.4 is 0 Å². The van der Waals surface area contributed by atoms with Gasteiger partial charge in [0.2, 0.25) is 0 Å². The number of hydrogen-bond donors (Lipinski definition) is 0. The molecule has 0 aliphatic heterocycles. The van der Waals surface area contributed by atoms with Crippen LogP contribution in [0.25, 0.3) is 0 Å². The molecule has 0 bridgehead atoms. The third-order valence-corrected chi connectivity index (χ3v) is 10.6. The normalized spacial score (nSPS) is 40.5. The van der Waals surface area contributed by atoms with Crippen molar-refractivity contribution < 1.29 is 9.59 Å². The van der Waals surface area contributed by atoms with Gasteiger partial charge in [-0.3, -0.25) is 9.59 Å². The summed E-state index contributed by atoms with van der Waals surface area (Å²) in [4.78, 5) is 25.2. The summed E-state index contributed by atoms with van der Waals surface area (Å²) in [5.41, 5.74) is 4.37. The molecular formula is C29H44O2. The van der Waals surface area contributed by atoms with Gasteiger partial charge in [0.1, 0.15) is 0 Å². The molecule has 7 atom stereocenters. The molecule has 0 radical (unpaired) electrons. The van der Waals surface area contributed by atoms with Gasteiger partial charge in [-0.1, -0.05) is 38.8 Å². The van der Waals surface area contributed by atoms with Gasteiger partial charge < -0.3 is 0 Å². The number of allylic oxidation sites excluding steroid dienone is 3. The number of carbonyl (C=O) groups is 2. The molecule has 0 N–H and O–H groups in total. The van der Waals surface area contributed by atoms with E-state index in [-0.39, 0.29) is 17.0 Å². The first kappa shape index (κ1) is 23.0. The smallest absolute Gasteiger partial charge is 0.159 e. The minimum Gasteiger partial charge on any atom is -0.295 e. The molecule has 0 saturated heterocycles. The van der Waals surface area contributed by atoms with Crippen LogP contribution in [0, 0.1) is 40.4 Å². The lowest BCUT2D eigenvalue weighted by Crippen LogP contribution is -2.53. The zero-order chi connectivity index (χ0) is 22.6. The van der Waals surface area contributed by atoms with E-state index in [1.54, 1.807) is 11.6 Å². The Labute approximate surface area is 190 Å². The van der Waals surface area contributed by atoms with E-state index in [1.807, 2.05) is 0 Å². The molecule has 2 nitrogen and oxygen atoms in total. The molecule has 4 aliphatic carbocycles. The molecule has 3 fully saturated rings. The van der Waals surface area contributed by atoms with Crippen molar-refractivity contribution in [1.82, 2.24) is 0 Å². The highest BCUT2D eigenvalue weighted by Crippen LogP contribution is 2.67. The van der Waals surface area contributed by atoms with Gasteiger partial charge >= 0.3 is 0 Å². The topological polar surface area (TPSA) is 34.1 Å². The van der Waals surface area contributed by atoms with Crippen molar-refractivity contribution in [2.75, 3.05) is 0 Å². The monoisotopic (exact) mass is 424 g/mol. The molecule has 0 aromatic heterocycles. The summed E-state index contributed by atoms with van der Waals surface area (Å²) in [5, 5.41) is 0. The average Bonchev–Trinajstić information content (AvgIpc) is 3.07. The summed E-state index contributed by atoms with van der Waals surface area (Å²) in [5.74, 6) is 3.81. The lowest BCUT2D eigenvalue weighted by Gasteiger charge is -2.57. The van der Waals surface area contributed by atoms with Gasteiger partial charge in [0.25, 0.3) is 0 Å². The Hall–Kier alpha value is -1.18. The number of ketones is 2. The van der Waals surface area contributed by atoms with E-state index in [1.165, 1.54) is 50.5 Å². The molecule has 0 spiro atoms. The predicted octanol–water partition coefficient (Wildman–Crippen LogP) is 7.48. The molecule has 2 heteroatoms. The molecular weight excluding hydrogens is 380 g/mol. The van der Waals surface area contributed by atoms with Gasteiger partial charge in [0.15, 0.2) is 11.6 Å². The predicted molar refractivity (Wildman–Crippen MR) is 128 cm³/mol. The fourth-order valence-electron chi connectivity index (χ4n) is 8.75. The van der Waals surface area contributed by atoms with Gasteiger partial charge in [0, 0.05) is 18.4 Å². The molecule has 0 aromatic carbocycles. The second-order valence-corrected chi connectivity index (χ2v) is 12.1. The molecule has 172 valence electrons. The van der Waals surface area contributed by atoms with Gasteiger partial charge in [-0.05, 0) is 112 Å². The number of rotatable bonds is 5. The largest absolute Gasteiger partial charge is 0.295 e. The van der Waals surface area contributed by atoms with Crippen LogP contribution in [0.3, 0.4) is 0 Å². The van der Waals surface area contributed by atoms with Crippen molar-refractivity contribution in [3.8, 4) is 0 Å². The quantitative estimate of drug-likeness (QED) is 0.429. The van der Waals surface area contributed by atoms with Crippen LogP contribution in [0.1, 0.15) is 106 Å². The average molecular weight is 425 g/mol. The lowest BCUT2D eigenvalue weighted by atomic mass is 9.46. The number of hydrogen-bond acceptors (Lipinski definition) is 2. The van der Waals surface area contributed by atoms with Crippen LogP contribution in [0.2, 0.25) is 0 Å². The Morgan fingerprint density at radius 3 is 2.52 bits per heavy atom. The van der Waals surface area contributed by atoms with Gasteiger partial charge in [-0.2, -0.15) is 0 Å². The summed E-state index contributed by atoms with van der Waals surface area (Å²) >= 11 is 0. The van der Waals surface area contributed by atoms with Gasteiger partial charge in [0.05, 0.1) is 0 Å². The summed E-state index contributed by atoms with van der Waals surface area (Å²) in [6.45, 7) is 14.2. The second kappa shape index (κ2) is 8.31. The third kappa shape index (κ3) is 3.70. The maximum atomic E-state index is 13.2. The molecule has 31 heavy (non-hydrogen) atoms. The van der Waals surface area contributed by atoms with Crippen molar-refractivity contribution in [3.63, 3.8) is 0 Å². The minimum absolute atomic E-state index is 0.0571. The summed E-state index contributed by atoms with van der Waals surface area (Å²) in [7, 11) is 0. The van der Waals surface area contributed by atoms with Crippen molar-refractivity contribution in [1.29, 1.82) is 0 Å². The summed E-state index contributed by atoms with van der Waals surface area (Å²) < 4.78 is 0. The number of carbonyl (C=O) groups excluding carboxylic acids is 2. The zero-order valence-electron chi connectivity index (χ0n) is 20.9. The fourth-order valence-corrected chi connectivity index (χ4v) is 8.75. The molecule has 0 heterocycles. The Kier molecular flexibility index (Phi) is 6.16. The van der Waals surface area contributed by atoms with Crippen molar-refractivity contribution in [2.45, 2.75) is 106 Å². The Morgan fingerprint density at radius 1 is 1.10 bits per heavy atom. The molecule has 1 unspecified atom stereocenters. The van der Waals surface area contributed by atoms with Gasteiger partial charge in [-0.15, -0.1) is 0 Å². The second-order valence-electron chi connectivity index (χ2n) is 12.1.